The lowest BCUT2D eigenvalue weighted by Crippen LogP contribution is -2.39. The van der Waals surface area contributed by atoms with Gasteiger partial charge in [-0.1, -0.05) is 42.8 Å². The highest BCUT2D eigenvalue weighted by atomic mass is 35.5. The van der Waals surface area contributed by atoms with Crippen molar-refractivity contribution in [2.75, 3.05) is 6.54 Å². The first-order chi connectivity index (χ1) is 13.5. The number of rotatable bonds is 4. The molecule has 2 aromatic carbocycles. The summed E-state index contributed by atoms with van der Waals surface area (Å²) in [7, 11) is 0. The second-order valence-electron chi connectivity index (χ2n) is 7.11. The van der Waals surface area contributed by atoms with Crippen LogP contribution >= 0.6 is 22.9 Å². The van der Waals surface area contributed by atoms with Gasteiger partial charge >= 0.3 is 0 Å². The van der Waals surface area contributed by atoms with E-state index in [1.54, 1.807) is 12.1 Å². The summed E-state index contributed by atoms with van der Waals surface area (Å²) >= 11 is 7.41. The molecule has 3 nitrogen and oxygen atoms in total. The molecule has 144 valence electrons. The smallest absolute Gasteiger partial charge is 0.226 e. The summed E-state index contributed by atoms with van der Waals surface area (Å²) in [5.41, 5.74) is 2.61. The van der Waals surface area contributed by atoms with Gasteiger partial charge in [-0.25, -0.2) is 9.37 Å². The van der Waals surface area contributed by atoms with E-state index in [1.807, 2.05) is 42.2 Å². The summed E-state index contributed by atoms with van der Waals surface area (Å²) in [6.07, 6.45) is 1.39. The molecule has 0 fully saturated rings. The summed E-state index contributed by atoms with van der Waals surface area (Å²) in [4.78, 5) is 20.5. The van der Waals surface area contributed by atoms with Crippen molar-refractivity contribution >= 4 is 28.8 Å². The van der Waals surface area contributed by atoms with Gasteiger partial charge in [0.15, 0.2) is 0 Å². The summed E-state index contributed by atoms with van der Waals surface area (Å²) < 4.78 is 14.1. The highest BCUT2D eigenvalue weighted by Gasteiger charge is 2.27. The van der Waals surface area contributed by atoms with Crippen LogP contribution in [0.15, 0.2) is 48.5 Å². The van der Waals surface area contributed by atoms with Crippen LogP contribution in [0.4, 0.5) is 4.39 Å². The van der Waals surface area contributed by atoms with Crippen LogP contribution in [0.3, 0.4) is 0 Å². The van der Waals surface area contributed by atoms with Gasteiger partial charge in [0.2, 0.25) is 5.91 Å². The molecule has 1 aliphatic heterocycles. The SMILES string of the molecule is CC(Cc1ccc(Cl)cc1)C(=O)N1CCc2nc(-c3ccccc3F)sc2C1. The first kappa shape index (κ1) is 19.1. The summed E-state index contributed by atoms with van der Waals surface area (Å²) in [5, 5.41) is 1.38. The van der Waals surface area contributed by atoms with Gasteiger partial charge in [-0.3, -0.25) is 4.79 Å². The van der Waals surface area contributed by atoms with Crippen LogP contribution in [0.1, 0.15) is 23.1 Å². The Morgan fingerprint density at radius 2 is 2.00 bits per heavy atom. The molecule has 1 unspecified atom stereocenters. The van der Waals surface area contributed by atoms with Crippen LogP contribution in [0.2, 0.25) is 5.02 Å². The van der Waals surface area contributed by atoms with E-state index in [0.29, 0.717) is 41.5 Å². The standard InChI is InChI=1S/C22H20ClFN2OS/c1-14(12-15-6-8-16(23)9-7-15)22(27)26-11-10-19-20(13-26)28-21(25-19)17-4-2-3-5-18(17)24/h2-9,14H,10-13H2,1H3. The quantitative estimate of drug-likeness (QED) is 0.575. The Labute approximate surface area is 172 Å². The Kier molecular flexibility index (Phi) is 5.47. The van der Waals surface area contributed by atoms with Crippen LogP contribution in [0, 0.1) is 11.7 Å². The molecule has 0 spiro atoms. The van der Waals surface area contributed by atoms with Crippen LogP contribution in [-0.2, 0) is 24.2 Å². The molecular formula is C22H20ClFN2OS. The van der Waals surface area contributed by atoms with Crippen molar-refractivity contribution in [1.82, 2.24) is 9.88 Å². The zero-order chi connectivity index (χ0) is 19.7. The molecule has 1 aromatic heterocycles. The van der Waals surface area contributed by atoms with E-state index < -0.39 is 0 Å². The molecule has 0 radical (unpaired) electrons. The third-order valence-corrected chi connectivity index (χ3v) is 6.39. The molecule has 1 aliphatic rings. The van der Waals surface area contributed by atoms with Gasteiger partial charge < -0.3 is 4.90 Å². The molecule has 1 amide bonds. The maximum atomic E-state index is 14.1. The molecule has 0 saturated carbocycles. The predicted octanol–water partition coefficient (Wildman–Crippen LogP) is 5.37. The van der Waals surface area contributed by atoms with E-state index in [9.17, 15) is 9.18 Å². The van der Waals surface area contributed by atoms with Gasteiger partial charge in [-0.05, 0) is 36.2 Å². The van der Waals surface area contributed by atoms with Crippen molar-refractivity contribution < 1.29 is 9.18 Å². The molecule has 2 heterocycles. The molecule has 0 N–H and O–H groups in total. The van der Waals surface area contributed by atoms with Gasteiger partial charge in [0.1, 0.15) is 10.8 Å². The minimum absolute atomic E-state index is 0.110. The molecule has 0 aliphatic carbocycles. The lowest BCUT2D eigenvalue weighted by molar-refractivity contribution is -0.135. The Morgan fingerprint density at radius 3 is 2.75 bits per heavy atom. The zero-order valence-electron chi connectivity index (χ0n) is 15.5. The summed E-state index contributed by atoms with van der Waals surface area (Å²) in [6.45, 7) is 3.16. The van der Waals surface area contributed by atoms with Crippen molar-refractivity contribution in [2.24, 2.45) is 5.92 Å². The van der Waals surface area contributed by atoms with Crippen LogP contribution in [0.25, 0.3) is 10.6 Å². The lowest BCUT2D eigenvalue weighted by Gasteiger charge is -2.28. The maximum Gasteiger partial charge on any atom is 0.226 e. The highest BCUT2D eigenvalue weighted by molar-refractivity contribution is 7.15. The molecule has 4 rings (SSSR count). The fourth-order valence-corrected chi connectivity index (χ4v) is 4.78. The van der Waals surface area contributed by atoms with Crippen molar-refractivity contribution in [2.45, 2.75) is 26.3 Å². The number of benzene rings is 2. The fourth-order valence-electron chi connectivity index (χ4n) is 3.51. The normalized spacial score (nSPS) is 14.6. The predicted molar refractivity (Wildman–Crippen MR) is 111 cm³/mol. The number of hydrogen-bond donors (Lipinski definition) is 0. The number of fused-ring (bicyclic) bond motifs is 1. The average Bonchev–Trinajstić information content (AvgIpc) is 3.12. The number of amides is 1. The fraction of sp³-hybridized carbons (Fsp3) is 0.273. The molecule has 0 bridgehead atoms. The van der Waals surface area contributed by atoms with Crippen LogP contribution in [0.5, 0.6) is 0 Å². The minimum atomic E-state index is -0.266. The van der Waals surface area contributed by atoms with E-state index >= 15 is 0 Å². The van der Waals surface area contributed by atoms with Crippen molar-refractivity contribution in [3.8, 4) is 10.6 Å². The van der Waals surface area contributed by atoms with Gasteiger partial charge in [0.25, 0.3) is 0 Å². The second-order valence-corrected chi connectivity index (χ2v) is 8.63. The Hall–Kier alpha value is -2.24. The largest absolute Gasteiger partial charge is 0.337 e. The third-order valence-electron chi connectivity index (χ3n) is 5.02. The number of halogens is 2. The molecule has 6 heteroatoms. The Morgan fingerprint density at radius 1 is 1.25 bits per heavy atom. The van der Waals surface area contributed by atoms with Crippen molar-refractivity contribution in [3.63, 3.8) is 0 Å². The maximum absolute atomic E-state index is 14.1. The summed E-state index contributed by atoms with van der Waals surface area (Å²) in [5.74, 6) is -0.235. The van der Waals surface area contributed by atoms with Gasteiger partial charge in [-0.2, -0.15) is 0 Å². The van der Waals surface area contributed by atoms with E-state index in [-0.39, 0.29) is 17.6 Å². The third kappa shape index (κ3) is 3.96. The molecule has 0 saturated heterocycles. The van der Waals surface area contributed by atoms with E-state index in [0.717, 1.165) is 16.1 Å². The molecule has 1 atom stereocenters. The number of carbonyl (C=O) groups excluding carboxylic acids is 1. The van der Waals surface area contributed by atoms with E-state index in [2.05, 4.69) is 4.98 Å². The number of aromatic nitrogens is 1. The monoisotopic (exact) mass is 414 g/mol. The lowest BCUT2D eigenvalue weighted by atomic mass is 9.99. The summed E-state index contributed by atoms with van der Waals surface area (Å²) in [6, 6.07) is 14.3. The van der Waals surface area contributed by atoms with E-state index in [4.69, 9.17) is 11.6 Å². The second kappa shape index (κ2) is 8.02. The molecule has 28 heavy (non-hydrogen) atoms. The van der Waals surface area contributed by atoms with E-state index in [1.165, 1.54) is 17.4 Å². The van der Waals surface area contributed by atoms with Crippen LogP contribution < -0.4 is 0 Å². The zero-order valence-corrected chi connectivity index (χ0v) is 17.1. The number of nitrogens with zero attached hydrogens (tertiary/aromatic N) is 2. The molecular weight excluding hydrogens is 395 g/mol. The topological polar surface area (TPSA) is 33.2 Å². The van der Waals surface area contributed by atoms with Gasteiger partial charge in [-0.15, -0.1) is 11.3 Å². The first-order valence-corrected chi connectivity index (χ1v) is 10.5. The number of thiazole rings is 1. The van der Waals surface area contributed by atoms with Crippen molar-refractivity contribution in [3.05, 3.63) is 75.5 Å². The molecule has 3 aromatic rings. The Balaban J connectivity index is 1.46. The van der Waals surface area contributed by atoms with Crippen LogP contribution in [-0.4, -0.2) is 22.3 Å². The number of hydrogen-bond acceptors (Lipinski definition) is 3. The van der Waals surface area contributed by atoms with Gasteiger partial charge in [0, 0.05) is 34.3 Å². The van der Waals surface area contributed by atoms with Crippen molar-refractivity contribution in [1.29, 1.82) is 0 Å². The van der Waals surface area contributed by atoms with Gasteiger partial charge in [0.05, 0.1) is 12.2 Å². The average molecular weight is 415 g/mol. The highest BCUT2D eigenvalue weighted by Crippen LogP contribution is 2.33. The Bertz CT molecular complexity index is 1000. The first-order valence-electron chi connectivity index (χ1n) is 9.28. The minimum Gasteiger partial charge on any atom is -0.337 e. The number of carbonyl (C=O) groups is 1.